The number of likely N-dealkylation sites (tertiary alicyclic amines) is 2. The van der Waals surface area contributed by atoms with Crippen LogP contribution in [0.5, 0.6) is 0 Å². The van der Waals surface area contributed by atoms with Crippen molar-refractivity contribution < 1.29 is 0 Å². The summed E-state index contributed by atoms with van der Waals surface area (Å²) in [5.41, 5.74) is 0. The Morgan fingerprint density at radius 3 is 2.39 bits per heavy atom. The Balaban J connectivity index is 1.63. The van der Waals surface area contributed by atoms with Crippen molar-refractivity contribution in [3.63, 3.8) is 0 Å². The molecule has 2 aliphatic rings. The Morgan fingerprint density at radius 1 is 1.00 bits per heavy atom. The van der Waals surface area contributed by atoms with Crippen molar-refractivity contribution >= 4 is 0 Å². The number of rotatable bonds is 6. The van der Waals surface area contributed by atoms with Crippen molar-refractivity contribution in [1.82, 2.24) is 15.1 Å². The van der Waals surface area contributed by atoms with E-state index < -0.39 is 0 Å². The highest BCUT2D eigenvalue weighted by Crippen LogP contribution is 2.20. The van der Waals surface area contributed by atoms with Crippen LogP contribution in [0.2, 0.25) is 0 Å². The molecule has 3 nitrogen and oxygen atoms in total. The van der Waals surface area contributed by atoms with Crippen LogP contribution in [0.4, 0.5) is 0 Å². The first-order chi connectivity index (χ1) is 8.81. The van der Waals surface area contributed by atoms with Gasteiger partial charge in [0, 0.05) is 19.1 Å². The quantitative estimate of drug-likeness (QED) is 0.778. The summed E-state index contributed by atoms with van der Waals surface area (Å²) in [6, 6.07) is 0.765. The molecule has 0 aromatic carbocycles. The zero-order valence-electron chi connectivity index (χ0n) is 12.3. The second-order valence-electron chi connectivity index (χ2n) is 6.08. The first kappa shape index (κ1) is 14.3. The minimum absolute atomic E-state index is 0.765. The molecule has 1 N–H and O–H groups in total. The zero-order valence-corrected chi connectivity index (χ0v) is 12.3. The van der Waals surface area contributed by atoms with E-state index in [-0.39, 0.29) is 0 Å². The van der Waals surface area contributed by atoms with Crippen LogP contribution in [-0.4, -0.2) is 61.7 Å². The van der Waals surface area contributed by atoms with E-state index in [1.165, 1.54) is 71.5 Å². The zero-order chi connectivity index (χ0) is 12.8. The van der Waals surface area contributed by atoms with Crippen molar-refractivity contribution in [2.24, 2.45) is 5.92 Å². The van der Waals surface area contributed by atoms with E-state index in [1.807, 2.05) is 0 Å². The van der Waals surface area contributed by atoms with Crippen LogP contribution in [0.15, 0.2) is 0 Å². The molecule has 2 saturated heterocycles. The van der Waals surface area contributed by atoms with E-state index in [0.717, 1.165) is 12.0 Å². The van der Waals surface area contributed by atoms with Gasteiger partial charge in [-0.2, -0.15) is 0 Å². The van der Waals surface area contributed by atoms with Gasteiger partial charge in [-0.25, -0.2) is 0 Å². The van der Waals surface area contributed by atoms with Gasteiger partial charge in [-0.3, -0.25) is 0 Å². The first-order valence-electron chi connectivity index (χ1n) is 8.00. The second-order valence-corrected chi connectivity index (χ2v) is 6.08. The fourth-order valence-corrected chi connectivity index (χ4v) is 3.36. The molecule has 0 amide bonds. The molecule has 2 rings (SSSR count). The van der Waals surface area contributed by atoms with Crippen LogP contribution in [-0.2, 0) is 0 Å². The number of nitrogens with one attached hydrogen (secondary N) is 1. The van der Waals surface area contributed by atoms with Gasteiger partial charge in [-0.15, -0.1) is 0 Å². The van der Waals surface area contributed by atoms with E-state index in [9.17, 15) is 0 Å². The van der Waals surface area contributed by atoms with E-state index >= 15 is 0 Å². The van der Waals surface area contributed by atoms with Gasteiger partial charge in [0.1, 0.15) is 0 Å². The predicted octanol–water partition coefficient (Wildman–Crippen LogP) is 1.79. The average Bonchev–Trinajstić information content (AvgIpc) is 2.85. The SMILES string of the molecule is CCCNC1CCN(CC2CCN(CC)CC2)C1. The summed E-state index contributed by atoms with van der Waals surface area (Å²) >= 11 is 0. The molecule has 0 aromatic rings. The number of hydrogen-bond acceptors (Lipinski definition) is 3. The van der Waals surface area contributed by atoms with E-state index in [1.54, 1.807) is 0 Å². The standard InChI is InChI=1S/C15H31N3/c1-3-8-16-15-7-11-18(13-15)12-14-5-9-17(4-2)10-6-14/h14-16H,3-13H2,1-2H3. The smallest absolute Gasteiger partial charge is 0.0207 e. The van der Waals surface area contributed by atoms with E-state index in [4.69, 9.17) is 0 Å². The monoisotopic (exact) mass is 253 g/mol. The molecule has 18 heavy (non-hydrogen) atoms. The third kappa shape index (κ3) is 4.22. The Morgan fingerprint density at radius 2 is 1.72 bits per heavy atom. The Labute approximate surface area is 113 Å². The lowest BCUT2D eigenvalue weighted by molar-refractivity contribution is 0.158. The van der Waals surface area contributed by atoms with E-state index in [0.29, 0.717) is 0 Å². The highest BCUT2D eigenvalue weighted by atomic mass is 15.2. The van der Waals surface area contributed by atoms with Crippen LogP contribution in [0, 0.1) is 5.92 Å². The number of nitrogens with zero attached hydrogens (tertiary/aromatic N) is 2. The molecule has 0 radical (unpaired) electrons. The molecule has 2 heterocycles. The van der Waals surface area contributed by atoms with Gasteiger partial charge in [0.2, 0.25) is 0 Å². The van der Waals surface area contributed by atoms with Gasteiger partial charge in [0.25, 0.3) is 0 Å². The van der Waals surface area contributed by atoms with Crippen molar-refractivity contribution in [2.75, 3.05) is 45.8 Å². The lowest BCUT2D eigenvalue weighted by Gasteiger charge is -2.33. The Bertz CT molecular complexity index is 224. The summed E-state index contributed by atoms with van der Waals surface area (Å²) in [6.45, 7) is 13.6. The summed E-state index contributed by atoms with van der Waals surface area (Å²) in [7, 11) is 0. The van der Waals surface area contributed by atoms with Gasteiger partial charge in [0.05, 0.1) is 0 Å². The fraction of sp³-hybridized carbons (Fsp3) is 1.00. The lowest BCUT2D eigenvalue weighted by Crippen LogP contribution is -2.39. The molecule has 106 valence electrons. The number of hydrogen-bond donors (Lipinski definition) is 1. The second kappa shape index (κ2) is 7.46. The van der Waals surface area contributed by atoms with Crippen molar-refractivity contribution in [3.8, 4) is 0 Å². The molecule has 0 bridgehead atoms. The average molecular weight is 253 g/mol. The topological polar surface area (TPSA) is 18.5 Å². The minimum Gasteiger partial charge on any atom is -0.313 e. The summed E-state index contributed by atoms with van der Waals surface area (Å²) < 4.78 is 0. The largest absolute Gasteiger partial charge is 0.313 e. The van der Waals surface area contributed by atoms with Gasteiger partial charge >= 0.3 is 0 Å². The van der Waals surface area contributed by atoms with E-state index in [2.05, 4.69) is 29.0 Å². The minimum atomic E-state index is 0.765. The molecular weight excluding hydrogens is 222 g/mol. The molecule has 0 spiro atoms. The molecule has 2 fully saturated rings. The van der Waals surface area contributed by atoms with Crippen LogP contribution < -0.4 is 5.32 Å². The first-order valence-corrected chi connectivity index (χ1v) is 8.00. The molecule has 2 aliphatic heterocycles. The molecular formula is C15H31N3. The van der Waals surface area contributed by atoms with Crippen molar-refractivity contribution in [3.05, 3.63) is 0 Å². The highest BCUT2D eigenvalue weighted by Gasteiger charge is 2.25. The van der Waals surface area contributed by atoms with Gasteiger partial charge in [-0.05, 0) is 64.3 Å². The highest BCUT2D eigenvalue weighted by molar-refractivity contribution is 4.83. The molecule has 0 aliphatic carbocycles. The molecule has 1 atom stereocenters. The molecule has 1 unspecified atom stereocenters. The summed E-state index contributed by atoms with van der Waals surface area (Å²) in [6.07, 6.45) is 5.44. The number of piperidine rings is 1. The van der Waals surface area contributed by atoms with Crippen LogP contribution in [0.25, 0.3) is 0 Å². The van der Waals surface area contributed by atoms with Crippen LogP contribution in [0.1, 0.15) is 39.5 Å². The summed E-state index contributed by atoms with van der Waals surface area (Å²) in [4.78, 5) is 5.28. The maximum absolute atomic E-state index is 3.66. The Kier molecular flexibility index (Phi) is 5.93. The molecule has 0 saturated carbocycles. The van der Waals surface area contributed by atoms with Crippen molar-refractivity contribution in [1.29, 1.82) is 0 Å². The van der Waals surface area contributed by atoms with Crippen LogP contribution >= 0.6 is 0 Å². The third-order valence-electron chi connectivity index (χ3n) is 4.63. The predicted molar refractivity (Wildman–Crippen MR) is 78.0 cm³/mol. The molecule has 3 heteroatoms. The van der Waals surface area contributed by atoms with Gasteiger partial charge in [0.15, 0.2) is 0 Å². The Hall–Kier alpha value is -0.120. The lowest BCUT2D eigenvalue weighted by atomic mass is 9.96. The maximum Gasteiger partial charge on any atom is 0.0207 e. The third-order valence-corrected chi connectivity index (χ3v) is 4.63. The van der Waals surface area contributed by atoms with Crippen molar-refractivity contribution in [2.45, 2.75) is 45.6 Å². The fourth-order valence-electron chi connectivity index (χ4n) is 3.36. The summed E-state index contributed by atoms with van der Waals surface area (Å²) in [5.74, 6) is 0.956. The van der Waals surface area contributed by atoms with Gasteiger partial charge < -0.3 is 15.1 Å². The normalized spacial score (nSPS) is 28.0. The molecule has 0 aromatic heterocycles. The van der Waals surface area contributed by atoms with Crippen LogP contribution in [0.3, 0.4) is 0 Å². The maximum atomic E-state index is 3.66. The van der Waals surface area contributed by atoms with Gasteiger partial charge in [-0.1, -0.05) is 13.8 Å². The summed E-state index contributed by atoms with van der Waals surface area (Å²) in [5, 5.41) is 3.66.